The van der Waals surface area contributed by atoms with Crippen molar-refractivity contribution in [1.29, 1.82) is 0 Å². The van der Waals surface area contributed by atoms with E-state index < -0.39 is 0 Å². The fraction of sp³-hybridized carbons (Fsp3) is 0.571. The average molecular weight is 263 g/mol. The van der Waals surface area contributed by atoms with E-state index in [0.29, 0.717) is 19.1 Å². The first-order valence-electron chi connectivity index (χ1n) is 6.71. The first-order valence-corrected chi connectivity index (χ1v) is 6.71. The molecule has 0 unspecified atom stereocenters. The number of carbonyl (C=O) groups excluding carboxylic acids is 2. The summed E-state index contributed by atoms with van der Waals surface area (Å²) in [4.78, 5) is 22.8. The molecule has 0 aliphatic heterocycles. The van der Waals surface area contributed by atoms with Crippen LogP contribution in [0.1, 0.15) is 47.6 Å². The Balaban J connectivity index is 1.95. The second-order valence-electron chi connectivity index (χ2n) is 5.12. The largest absolute Gasteiger partial charge is 0.355 e. The molecule has 0 spiro atoms. The Kier molecular flexibility index (Phi) is 3.93. The van der Waals surface area contributed by atoms with Crippen molar-refractivity contribution in [2.24, 2.45) is 0 Å². The van der Waals surface area contributed by atoms with Gasteiger partial charge in [-0.15, -0.1) is 0 Å². The van der Waals surface area contributed by atoms with Crippen LogP contribution in [-0.2, 0) is 4.79 Å². The normalized spacial score (nSPS) is 14.3. The van der Waals surface area contributed by atoms with Crippen LogP contribution in [0.25, 0.3) is 0 Å². The van der Waals surface area contributed by atoms with Crippen LogP contribution in [0.3, 0.4) is 0 Å². The lowest BCUT2D eigenvalue weighted by Gasteiger charge is -2.08. The van der Waals surface area contributed by atoms with E-state index in [2.05, 4.69) is 15.2 Å². The smallest absolute Gasteiger partial charge is 0.253 e. The van der Waals surface area contributed by atoms with Crippen molar-refractivity contribution in [3.63, 3.8) is 0 Å². The highest BCUT2D eigenvalue weighted by atomic mass is 16.2. The third-order valence-corrected chi connectivity index (χ3v) is 3.43. The zero-order valence-corrected chi connectivity index (χ0v) is 11.7. The van der Waals surface area contributed by atoms with Gasteiger partial charge in [-0.3, -0.25) is 9.59 Å². The van der Waals surface area contributed by atoms with Gasteiger partial charge < -0.3 is 15.2 Å². The summed E-state index contributed by atoms with van der Waals surface area (Å²) in [5.74, 6) is -0.147. The zero-order valence-electron chi connectivity index (χ0n) is 11.7. The Labute approximate surface area is 113 Å². The monoisotopic (exact) mass is 263 g/mol. The predicted octanol–water partition coefficient (Wildman–Crippen LogP) is 1.31. The molecule has 2 N–H and O–H groups in total. The van der Waals surface area contributed by atoms with E-state index in [4.69, 9.17) is 0 Å². The van der Waals surface area contributed by atoms with Gasteiger partial charge in [0, 0.05) is 37.4 Å². The first-order chi connectivity index (χ1) is 9.00. The topological polar surface area (TPSA) is 63.1 Å². The van der Waals surface area contributed by atoms with Crippen molar-refractivity contribution in [2.75, 3.05) is 13.1 Å². The highest BCUT2D eigenvalue weighted by Crippen LogP contribution is 2.38. The summed E-state index contributed by atoms with van der Waals surface area (Å²) in [6, 6.07) is 2.53. The van der Waals surface area contributed by atoms with Crippen molar-refractivity contribution in [2.45, 2.75) is 39.7 Å². The van der Waals surface area contributed by atoms with Crippen LogP contribution in [0.5, 0.6) is 0 Å². The van der Waals surface area contributed by atoms with Gasteiger partial charge in [-0.2, -0.15) is 0 Å². The molecular weight excluding hydrogens is 242 g/mol. The fourth-order valence-corrected chi connectivity index (χ4v) is 2.41. The third kappa shape index (κ3) is 3.16. The molecule has 5 nitrogen and oxygen atoms in total. The van der Waals surface area contributed by atoms with Gasteiger partial charge in [-0.25, -0.2) is 0 Å². The maximum atomic E-state index is 12.1. The molecule has 1 saturated carbocycles. The van der Waals surface area contributed by atoms with Crippen LogP contribution < -0.4 is 10.6 Å². The molecule has 0 radical (unpaired) electrons. The third-order valence-electron chi connectivity index (χ3n) is 3.43. The highest BCUT2D eigenvalue weighted by Gasteiger charge is 2.28. The number of rotatable bonds is 5. The number of hydrogen-bond donors (Lipinski definition) is 2. The maximum Gasteiger partial charge on any atom is 0.253 e. The number of nitrogens with zero attached hydrogens (tertiary/aromatic N) is 1. The Morgan fingerprint density at radius 1 is 1.26 bits per heavy atom. The summed E-state index contributed by atoms with van der Waals surface area (Å²) >= 11 is 0. The van der Waals surface area contributed by atoms with Crippen molar-refractivity contribution >= 4 is 11.8 Å². The first kappa shape index (κ1) is 13.6. The van der Waals surface area contributed by atoms with Gasteiger partial charge in [0.2, 0.25) is 5.91 Å². The number of amides is 2. The minimum Gasteiger partial charge on any atom is -0.355 e. The molecule has 1 heterocycles. The Morgan fingerprint density at radius 2 is 1.89 bits per heavy atom. The SMILES string of the molecule is CC(=O)NCCNC(=O)c1cc(C)n(C2CC2)c1C. The molecule has 0 saturated heterocycles. The summed E-state index contributed by atoms with van der Waals surface area (Å²) in [6.07, 6.45) is 2.42. The van der Waals surface area contributed by atoms with Gasteiger partial charge in [0.25, 0.3) is 5.91 Å². The van der Waals surface area contributed by atoms with Crippen LogP contribution in [-0.4, -0.2) is 29.5 Å². The second kappa shape index (κ2) is 5.47. The lowest BCUT2D eigenvalue weighted by molar-refractivity contribution is -0.118. The average Bonchev–Trinajstić information content (AvgIpc) is 3.11. The van der Waals surface area contributed by atoms with Crippen LogP contribution in [0.2, 0.25) is 0 Å². The number of aromatic nitrogens is 1. The van der Waals surface area contributed by atoms with Crippen molar-refractivity contribution in [3.05, 3.63) is 23.0 Å². The summed E-state index contributed by atoms with van der Waals surface area (Å²) in [5.41, 5.74) is 2.93. The Morgan fingerprint density at radius 3 is 2.47 bits per heavy atom. The summed E-state index contributed by atoms with van der Waals surface area (Å²) < 4.78 is 2.25. The lowest BCUT2D eigenvalue weighted by Crippen LogP contribution is -2.33. The molecule has 0 aromatic carbocycles. The molecule has 1 aliphatic rings. The van der Waals surface area contributed by atoms with Crippen LogP contribution in [0, 0.1) is 13.8 Å². The number of nitrogens with one attached hydrogen (secondary N) is 2. The Bertz CT molecular complexity index is 501. The standard InChI is InChI=1S/C14H21N3O2/c1-9-8-13(10(2)17(9)12-4-5-12)14(19)16-7-6-15-11(3)18/h8,12H,4-7H2,1-3H3,(H,15,18)(H,16,19). The summed E-state index contributed by atoms with van der Waals surface area (Å²) in [7, 11) is 0. The van der Waals surface area contributed by atoms with E-state index in [1.165, 1.54) is 19.8 Å². The van der Waals surface area contributed by atoms with Gasteiger partial charge in [0.05, 0.1) is 5.56 Å². The number of aryl methyl sites for hydroxylation is 1. The minimum atomic E-state index is -0.0823. The molecule has 19 heavy (non-hydrogen) atoms. The zero-order chi connectivity index (χ0) is 14.0. The van der Waals surface area contributed by atoms with Gasteiger partial charge in [0.1, 0.15) is 0 Å². The highest BCUT2D eigenvalue weighted by molar-refractivity contribution is 5.95. The second-order valence-corrected chi connectivity index (χ2v) is 5.12. The summed E-state index contributed by atoms with van der Waals surface area (Å²) in [5, 5.41) is 5.48. The molecule has 0 atom stereocenters. The van der Waals surface area contributed by atoms with Gasteiger partial charge >= 0.3 is 0 Å². The molecule has 1 aromatic rings. The number of hydrogen-bond acceptors (Lipinski definition) is 2. The van der Waals surface area contributed by atoms with E-state index in [1.807, 2.05) is 19.9 Å². The van der Waals surface area contributed by atoms with Crippen molar-refractivity contribution < 1.29 is 9.59 Å². The van der Waals surface area contributed by atoms with Crippen LogP contribution in [0.4, 0.5) is 0 Å². The maximum absolute atomic E-state index is 12.1. The van der Waals surface area contributed by atoms with Gasteiger partial charge in [-0.05, 0) is 32.8 Å². The summed E-state index contributed by atoms with van der Waals surface area (Å²) in [6.45, 7) is 6.41. The molecule has 2 rings (SSSR count). The van der Waals surface area contributed by atoms with Crippen LogP contribution in [0.15, 0.2) is 6.07 Å². The lowest BCUT2D eigenvalue weighted by atomic mass is 10.2. The molecule has 104 valence electrons. The molecule has 5 heteroatoms. The predicted molar refractivity (Wildman–Crippen MR) is 73.2 cm³/mol. The van der Waals surface area contributed by atoms with Crippen molar-refractivity contribution in [1.82, 2.24) is 15.2 Å². The fourth-order valence-electron chi connectivity index (χ4n) is 2.41. The van der Waals surface area contributed by atoms with Crippen molar-refractivity contribution in [3.8, 4) is 0 Å². The van der Waals surface area contributed by atoms with E-state index in [0.717, 1.165) is 17.0 Å². The van der Waals surface area contributed by atoms with E-state index in [-0.39, 0.29) is 11.8 Å². The van der Waals surface area contributed by atoms with Crippen LogP contribution >= 0.6 is 0 Å². The van der Waals surface area contributed by atoms with E-state index >= 15 is 0 Å². The molecule has 1 aliphatic carbocycles. The molecule has 1 aromatic heterocycles. The molecular formula is C14H21N3O2. The van der Waals surface area contributed by atoms with Gasteiger partial charge in [-0.1, -0.05) is 0 Å². The minimum absolute atomic E-state index is 0.0645. The number of carbonyl (C=O) groups is 2. The van der Waals surface area contributed by atoms with E-state index in [1.54, 1.807) is 0 Å². The quantitative estimate of drug-likeness (QED) is 0.787. The molecule has 1 fully saturated rings. The molecule has 2 amide bonds. The van der Waals surface area contributed by atoms with E-state index in [9.17, 15) is 9.59 Å². The Hall–Kier alpha value is -1.78. The van der Waals surface area contributed by atoms with Gasteiger partial charge in [0.15, 0.2) is 0 Å². The molecule has 0 bridgehead atoms.